The molecule has 1 aromatic rings. The maximum atomic E-state index is 13.6. The van der Waals surface area contributed by atoms with Crippen LogP contribution < -0.4 is 5.73 Å². The topological polar surface area (TPSA) is 63.4 Å². The molecule has 2 N–H and O–H groups in total. The summed E-state index contributed by atoms with van der Waals surface area (Å²) in [5, 5.41) is 0. The van der Waals surface area contributed by atoms with Crippen molar-refractivity contribution in [1.82, 2.24) is 4.31 Å². The Morgan fingerprint density at radius 3 is 2.52 bits per heavy atom. The highest BCUT2D eigenvalue weighted by molar-refractivity contribution is 7.89. The Balaban J connectivity index is 0.00000220. The van der Waals surface area contributed by atoms with Crippen molar-refractivity contribution in [3.63, 3.8) is 0 Å². The quantitative estimate of drug-likeness (QED) is 0.852. The molecule has 120 valence electrons. The van der Waals surface area contributed by atoms with E-state index in [1.165, 1.54) is 0 Å². The number of nitrogens with zero attached hydrogens (tertiary/aromatic N) is 1. The van der Waals surface area contributed by atoms with Crippen molar-refractivity contribution in [2.45, 2.75) is 17.7 Å². The van der Waals surface area contributed by atoms with Crippen LogP contribution in [0.25, 0.3) is 0 Å². The van der Waals surface area contributed by atoms with Gasteiger partial charge in [0, 0.05) is 13.1 Å². The van der Waals surface area contributed by atoms with Crippen LogP contribution >= 0.6 is 12.4 Å². The van der Waals surface area contributed by atoms with Crippen LogP contribution in [0.15, 0.2) is 17.0 Å². The minimum atomic E-state index is -4.18. The van der Waals surface area contributed by atoms with Gasteiger partial charge in [0.2, 0.25) is 10.0 Å². The van der Waals surface area contributed by atoms with E-state index in [1.807, 2.05) is 0 Å². The van der Waals surface area contributed by atoms with E-state index in [0.717, 1.165) is 16.8 Å². The predicted octanol–water partition coefficient (Wildman–Crippen LogP) is 1.89. The zero-order valence-electron chi connectivity index (χ0n) is 11.1. The highest BCUT2D eigenvalue weighted by Gasteiger charge is 2.33. The van der Waals surface area contributed by atoms with Crippen LogP contribution in [-0.4, -0.2) is 32.4 Å². The van der Waals surface area contributed by atoms with Crippen LogP contribution in [0.1, 0.15) is 12.8 Å². The zero-order chi connectivity index (χ0) is 14.9. The summed E-state index contributed by atoms with van der Waals surface area (Å²) in [6.45, 7) is 0.709. The summed E-state index contributed by atoms with van der Waals surface area (Å²) in [6.07, 6.45) is 1.40. The van der Waals surface area contributed by atoms with Crippen LogP contribution in [0.4, 0.5) is 13.2 Å². The minimum Gasteiger partial charge on any atom is -0.330 e. The largest absolute Gasteiger partial charge is 0.330 e. The lowest BCUT2D eigenvalue weighted by Crippen LogP contribution is -2.42. The molecule has 1 aromatic carbocycles. The second-order valence-electron chi connectivity index (χ2n) is 4.78. The Morgan fingerprint density at radius 2 is 1.90 bits per heavy atom. The van der Waals surface area contributed by atoms with Gasteiger partial charge in [-0.2, -0.15) is 4.31 Å². The van der Waals surface area contributed by atoms with Gasteiger partial charge in [0.15, 0.2) is 17.5 Å². The summed E-state index contributed by atoms with van der Waals surface area (Å²) in [5.41, 5.74) is 5.52. The van der Waals surface area contributed by atoms with E-state index in [-0.39, 0.29) is 31.4 Å². The lowest BCUT2D eigenvalue weighted by molar-refractivity contribution is 0.270. The molecule has 21 heavy (non-hydrogen) atoms. The van der Waals surface area contributed by atoms with E-state index in [9.17, 15) is 21.6 Å². The smallest absolute Gasteiger partial charge is 0.246 e. The van der Waals surface area contributed by atoms with E-state index in [4.69, 9.17) is 5.73 Å². The molecule has 0 spiro atoms. The van der Waals surface area contributed by atoms with E-state index >= 15 is 0 Å². The van der Waals surface area contributed by atoms with E-state index < -0.39 is 32.4 Å². The third-order valence-corrected chi connectivity index (χ3v) is 5.32. The van der Waals surface area contributed by atoms with Crippen LogP contribution in [-0.2, 0) is 10.0 Å². The lowest BCUT2D eigenvalue weighted by Gasteiger charge is -2.31. The standard InChI is InChI=1S/C12H15F3N2O2S.ClH/c13-9-3-4-10(12(15)11(9)14)20(18,19)17-5-1-2-8(6-16)7-17;/h3-4,8H,1-2,5-7,16H2;1H. The van der Waals surface area contributed by atoms with E-state index in [2.05, 4.69) is 0 Å². The molecule has 4 nitrogen and oxygen atoms in total. The molecule has 0 bridgehead atoms. The molecule has 9 heteroatoms. The van der Waals surface area contributed by atoms with Crippen molar-refractivity contribution in [3.8, 4) is 0 Å². The van der Waals surface area contributed by atoms with Crippen molar-refractivity contribution < 1.29 is 21.6 Å². The number of halogens is 4. The van der Waals surface area contributed by atoms with Gasteiger partial charge in [-0.05, 0) is 37.4 Å². The van der Waals surface area contributed by atoms with Crippen molar-refractivity contribution >= 4 is 22.4 Å². The average molecular weight is 345 g/mol. The molecular formula is C12H16ClF3N2O2S. The van der Waals surface area contributed by atoms with Crippen LogP contribution in [0.5, 0.6) is 0 Å². The second-order valence-corrected chi connectivity index (χ2v) is 6.69. The molecular weight excluding hydrogens is 329 g/mol. The molecule has 1 fully saturated rings. The number of benzene rings is 1. The number of nitrogens with two attached hydrogens (primary N) is 1. The van der Waals surface area contributed by atoms with Gasteiger partial charge in [0.1, 0.15) is 4.90 Å². The first-order valence-corrected chi connectivity index (χ1v) is 7.65. The summed E-state index contributed by atoms with van der Waals surface area (Å²) in [5.74, 6) is -4.88. The molecule has 2 rings (SSSR count). The first-order valence-electron chi connectivity index (χ1n) is 6.21. The normalized spacial score (nSPS) is 20.1. The van der Waals surface area contributed by atoms with Crippen molar-refractivity contribution in [1.29, 1.82) is 0 Å². The van der Waals surface area contributed by atoms with Gasteiger partial charge in [-0.1, -0.05) is 0 Å². The third-order valence-electron chi connectivity index (χ3n) is 3.43. The molecule has 1 atom stereocenters. The number of piperidine rings is 1. The molecule has 1 heterocycles. The van der Waals surface area contributed by atoms with Gasteiger partial charge >= 0.3 is 0 Å². The Bertz CT molecular complexity index is 613. The van der Waals surface area contributed by atoms with Crippen molar-refractivity contribution in [2.75, 3.05) is 19.6 Å². The third kappa shape index (κ3) is 3.50. The molecule has 1 unspecified atom stereocenters. The molecule has 0 amide bonds. The van der Waals surface area contributed by atoms with E-state index in [0.29, 0.717) is 19.0 Å². The fourth-order valence-electron chi connectivity index (χ4n) is 2.28. The van der Waals surface area contributed by atoms with Crippen LogP contribution in [0.2, 0.25) is 0 Å². The first-order chi connectivity index (χ1) is 9.37. The van der Waals surface area contributed by atoms with E-state index in [1.54, 1.807) is 0 Å². The monoisotopic (exact) mass is 344 g/mol. The zero-order valence-corrected chi connectivity index (χ0v) is 12.7. The summed E-state index contributed by atoms with van der Waals surface area (Å²) in [7, 11) is -4.18. The van der Waals surface area contributed by atoms with Crippen LogP contribution in [0.3, 0.4) is 0 Å². The second kappa shape index (κ2) is 6.95. The van der Waals surface area contributed by atoms with Gasteiger partial charge in [-0.25, -0.2) is 21.6 Å². The molecule has 1 saturated heterocycles. The maximum absolute atomic E-state index is 13.6. The van der Waals surface area contributed by atoms with Gasteiger partial charge in [0.05, 0.1) is 0 Å². The average Bonchev–Trinajstić information content (AvgIpc) is 2.44. The van der Waals surface area contributed by atoms with Gasteiger partial charge in [-0.3, -0.25) is 0 Å². The Kier molecular flexibility index (Phi) is 6.03. The maximum Gasteiger partial charge on any atom is 0.246 e. The summed E-state index contributed by atoms with van der Waals surface area (Å²) < 4.78 is 65.3. The highest BCUT2D eigenvalue weighted by Crippen LogP contribution is 2.26. The number of hydrogen-bond donors (Lipinski definition) is 1. The SMILES string of the molecule is Cl.NCC1CCCN(S(=O)(=O)c2ccc(F)c(F)c2F)C1. The first kappa shape index (κ1) is 18.2. The Morgan fingerprint density at radius 1 is 1.24 bits per heavy atom. The number of rotatable bonds is 3. The Hall–Kier alpha value is -0.830. The fourth-order valence-corrected chi connectivity index (χ4v) is 3.89. The van der Waals surface area contributed by atoms with Gasteiger partial charge in [0.25, 0.3) is 0 Å². The summed E-state index contributed by atoms with van der Waals surface area (Å²) in [6, 6.07) is 1.35. The van der Waals surface area contributed by atoms with Crippen LogP contribution in [0, 0.1) is 23.4 Å². The molecule has 1 aliphatic rings. The molecule has 1 aliphatic heterocycles. The molecule has 0 aliphatic carbocycles. The highest BCUT2D eigenvalue weighted by atomic mass is 35.5. The fraction of sp³-hybridized carbons (Fsp3) is 0.500. The lowest BCUT2D eigenvalue weighted by atomic mass is 10.0. The number of hydrogen-bond acceptors (Lipinski definition) is 3. The van der Waals surface area contributed by atoms with Crippen molar-refractivity contribution in [3.05, 3.63) is 29.6 Å². The summed E-state index contributed by atoms with van der Waals surface area (Å²) >= 11 is 0. The number of sulfonamides is 1. The van der Waals surface area contributed by atoms with Gasteiger partial charge < -0.3 is 5.73 Å². The predicted molar refractivity (Wildman–Crippen MR) is 74.1 cm³/mol. The molecule has 0 aromatic heterocycles. The summed E-state index contributed by atoms with van der Waals surface area (Å²) in [4.78, 5) is -0.839. The molecule has 0 saturated carbocycles. The van der Waals surface area contributed by atoms with Gasteiger partial charge in [-0.15, -0.1) is 12.4 Å². The minimum absolute atomic E-state index is 0. The van der Waals surface area contributed by atoms with Crippen molar-refractivity contribution in [2.24, 2.45) is 11.7 Å². The Labute approximate surface area is 127 Å². The molecule has 0 radical (unpaired) electrons.